The van der Waals surface area contributed by atoms with Crippen LogP contribution < -0.4 is 5.32 Å². The molecule has 1 N–H and O–H groups in total. The number of nitrogens with zero attached hydrogens (tertiary/aromatic N) is 4. The first-order valence-corrected chi connectivity index (χ1v) is 10.6. The topological polar surface area (TPSA) is 72.7 Å². The van der Waals surface area contributed by atoms with Crippen LogP contribution in [0.3, 0.4) is 0 Å². The summed E-state index contributed by atoms with van der Waals surface area (Å²) in [6.07, 6.45) is 0.793. The van der Waals surface area contributed by atoms with E-state index in [1.165, 1.54) is 22.5 Å². The van der Waals surface area contributed by atoms with Crippen LogP contribution in [0.25, 0.3) is 16.4 Å². The Bertz CT molecular complexity index is 1160. The predicted octanol–water partition coefficient (Wildman–Crippen LogP) is 4.29. The number of aromatic nitrogens is 4. The van der Waals surface area contributed by atoms with E-state index in [-0.39, 0.29) is 5.91 Å². The second-order valence-electron chi connectivity index (χ2n) is 7.20. The molecule has 152 valence electrons. The van der Waals surface area contributed by atoms with Crippen molar-refractivity contribution in [1.29, 1.82) is 0 Å². The minimum atomic E-state index is -0.101. The van der Waals surface area contributed by atoms with Gasteiger partial charge in [0.2, 0.25) is 0 Å². The fourth-order valence-corrected chi connectivity index (χ4v) is 4.23. The molecule has 0 saturated carbocycles. The maximum Gasteiger partial charge on any atom is 0.263 e. The molecule has 4 rings (SSSR count). The van der Waals surface area contributed by atoms with Gasteiger partial charge >= 0.3 is 0 Å². The third-order valence-electron chi connectivity index (χ3n) is 4.92. The molecule has 30 heavy (non-hydrogen) atoms. The molecule has 0 aliphatic heterocycles. The molecule has 0 aliphatic carbocycles. The molecular formula is C23H23N5OS. The van der Waals surface area contributed by atoms with Gasteiger partial charge in [-0.3, -0.25) is 4.79 Å². The molecule has 2 heterocycles. The number of carbonyl (C=O) groups is 1. The van der Waals surface area contributed by atoms with Crippen molar-refractivity contribution in [3.8, 4) is 16.4 Å². The van der Waals surface area contributed by atoms with Crippen molar-refractivity contribution in [2.75, 3.05) is 6.54 Å². The summed E-state index contributed by atoms with van der Waals surface area (Å²) in [5, 5.41) is 12.3. The van der Waals surface area contributed by atoms with Crippen molar-refractivity contribution < 1.29 is 4.79 Å². The molecule has 2 aromatic heterocycles. The number of nitrogens with one attached hydrogen (secondary N) is 1. The van der Waals surface area contributed by atoms with Crippen LogP contribution in [-0.2, 0) is 6.42 Å². The van der Waals surface area contributed by atoms with E-state index in [1.54, 1.807) is 4.68 Å². The Kier molecular flexibility index (Phi) is 5.72. The summed E-state index contributed by atoms with van der Waals surface area (Å²) in [7, 11) is 0. The van der Waals surface area contributed by atoms with Crippen LogP contribution in [0.1, 0.15) is 32.2 Å². The van der Waals surface area contributed by atoms with Gasteiger partial charge in [0, 0.05) is 6.54 Å². The highest BCUT2D eigenvalue weighted by Crippen LogP contribution is 2.29. The number of hydrogen-bond acceptors (Lipinski definition) is 5. The first-order valence-electron chi connectivity index (χ1n) is 9.82. The van der Waals surface area contributed by atoms with E-state index < -0.39 is 0 Å². The Hall–Kier alpha value is -3.32. The highest BCUT2D eigenvalue weighted by atomic mass is 32.1. The van der Waals surface area contributed by atoms with E-state index in [4.69, 9.17) is 0 Å². The summed E-state index contributed by atoms with van der Waals surface area (Å²) in [5.74, 6) is -0.101. The average Bonchev–Trinajstić information content (AvgIpc) is 3.32. The smallest absolute Gasteiger partial charge is 0.263 e. The SMILES string of the molecule is Cc1ccc(-n2nnc(-c3nc(C)c(C(=O)NCCc4ccccc4)s3)c2C)cc1. The normalized spacial score (nSPS) is 10.9. The van der Waals surface area contributed by atoms with E-state index in [0.29, 0.717) is 27.8 Å². The fraction of sp³-hybridized carbons (Fsp3) is 0.217. The molecular weight excluding hydrogens is 394 g/mol. The second-order valence-corrected chi connectivity index (χ2v) is 8.19. The third kappa shape index (κ3) is 4.16. The van der Waals surface area contributed by atoms with E-state index >= 15 is 0 Å². The summed E-state index contributed by atoms with van der Waals surface area (Å²) in [6.45, 7) is 6.45. The lowest BCUT2D eigenvalue weighted by Crippen LogP contribution is -2.25. The van der Waals surface area contributed by atoms with Crippen LogP contribution in [0.5, 0.6) is 0 Å². The van der Waals surface area contributed by atoms with Gasteiger partial charge in [-0.1, -0.05) is 53.2 Å². The van der Waals surface area contributed by atoms with E-state index in [0.717, 1.165) is 17.8 Å². The van der Waals surface area contributed by atoms with Crippen LogP contribution in [0, 0.1) is 20.8 Å². The van der Waals surface area contributed by atoms with Gasteiger partial charge in [0.1, 0.15) is 15.6 Å². The molecule has 4 aromatic rings. The Labute approximate surface area is 179 Å². The molecule has 1 amide bonds. The van der Waals surface area contributed by atoms with Gasteiger partial charge in [-0.15, -0.1) is 16.4 Å². The molecule has 7 heteroatoms. The number of rotatable bonds is 6. The Morgan fingerprint density at radius 1 is 1.03 bits per heavy atom. The molecule has 0 spiro atoms. The zero-order valence-corrected chi connectivity index (χ0v) is 18.0. The third-order valence-corrected chi connectivity index (χ3v) is 6.08. The number of hydrogen-bond donors (Lipinski definition) is 1. The average molecular weight is 418 g/mol. The first-order chi connectivity index (χ1) is 14.5. The number of benzene rings is 2. The highest BCUT2D eigenvalue weighted by molar-refractivity contribution is 7.17. The standard InChI is InChI=1S/C23H23N5OS/c1-15-9-11-19(12-10-15)28-17(3)20(26-27-28)23-25-16(2)21(30-23)22(29)24-14-13-18-7-5-4-6-8-18/h4-12H,13-14H2,1-3H3,(H,24,29). The summed E-state index contributed by atoms with van der Waals surface area (Å²) in [5.41, 5.74) is 5.63. The van der Waals surface area contributed by atoms with Gasteiger partial charge in [0.05, 0.1) is 17.1 Å². The Balaban J connectivity index is 1.50. The number of carbonyl (C=O) groups excluding carboxylic acids is 1. The first kappa shape index (κ1) is 20.0. The molecule has 0 bridgehead atoms. The van der Waals surface area contributed by atoms with Gasteiger partial charge in [-0.05, 0) is 44.9 Å². The van der Waals surface area contributed by atoms with Gasteiger partial charge in [-0.2, -0.15) is 0 Å². The fourth-order valence-electron chi connectivity index (χ4n) is 3.21. The molecule has 0 saturated heterocycles. The Morgan fingerprint density at radius 3 is 2.50 bits per heavy atom. The van der Waals surface area contributed by atoms with Crippen LogP contribution >= 0.6 is 11.3 Å². The monoisotopic (exact) mass is 417 g/mol. The molecule has 0 aliphatic rings. The van der Waals surface area contributed by atoms with Gasteiger partial charge in [0.25, 0.3) is 5.91 Å². The van der Waals surface area contributed by atoms with E-state index in [1.807, 2.05) is 63.2 Å². The summed E-state index contributed by atoms with van der Waals surface area (Å²) >= 11 is 1.35. The number of amides is 1. The van der Waals surface area contributed by atoms with Crippen molar-refractivity contribution in [2.24, 2.45) is 0 Å². The molecule has 6 nitrogen and oxygen atoms in total. The summed E-state index contributed by atoms with van der Waals surface area (Å²) in [6, 6.07) is 18.2. The molecule has 0 radical (unpaired) electrons. The van der Waals surface area contributed by atoms with Gasteiger partial charge in [0.15, 0.2) is 0 Å². The van der Waals surface area contributed by atoms with Crippen molar-refractivity contribution in [2.45, 2.75) is 27.2 Å². The largest absolute Gasteiger partial charge is 0.351 e. The highest BCUT2D eigenvalue weighted by Gasteiger charge is 2.20. The minimum absolute atomic E-state index is 0.101. The maximum absolute atomic E-state index is 12.7. The quantitative estimate of drug-likeness (QED) is 0.508. The molecule has 0 atom stereocenters. The minimum Gasteiger partial charge on any atom is -0.351 e. The Morgan fingerprint density at radius 2 is 1.77 bits per heavy atom. The van der Waals surface area contributed by atoms with Crippen LogP contribution in [0.2, 0.25) is 0 Å². The summed E-state index contributed by atoms with van der Waals surface area (Å²) in [4.78, 5) is 17.9. The van der Waals surface area contributed by atoms with Crippen LogP contribution in [0.15, 0.2) is 54.6 Å². The molecule has 0 unspecified atom stereocenters. The molecule has 2 aromatic carbocycles. The number of aryl methyl sites for hydroxylation is 2. The van der Waals surface area contributed by atoms with Crippen molar-refractivity contribution in [3.63, 3.8) is 0 Å². The zero-order chi connectivity index (χ0) is 21.1. The predicted molar refractivity (Wildman–Crippen MR) is 119 cm³/mol. The molecule has 0 fully saturated rings. The van der Waals surface area contributed by atoms with Gasteiger partial charge in [-0.25, -0.2) is 9.67 Å². The summed E-state index contributed by atoms with van der Waals surface area (Å²) < 4.78 is 1.80. The van der Waals surface area contributed by atoms with Crippen molar-refractivity contribution >= 4 is 17.2 Å². The van der Waals surface area contributed by atoms with Crippen molar-refractivity contribution in [3.05, 3.63) is 82.0 Å². The second kappa shape index (κ2) is 8.59. The number of thiazole rings is 1. The zero-order valence-electron chi connectivity index (χ0n) is 17.2. The maximum atomic E-state index is 12.7. The lowest BCUT2D eigenvalue weighted by Gasteiger charge is -2.04. The van der Waals surface area contributed by atoms with Crippen molar-refractivity contribution in [1.82, 2.24) is 25.3 Å². The van der Waals surface area contributed by atoms with Crippen LogP contribution in [-0.4, -0.2) is 32.4 Å². The van der Waals surface area contributed by atoms with Crippen LogP contribution in [0.4, 0.5) is 0 Å². The van der Waals surface area contributed by atoms with E-state index in [2.05, 4.69) is 32.7 Å². The van der Waals surface area contributed by atoms with Gasteiger partial charge < -0.3 is 5.32 Å². The lowest BCUT2D eigenvalue weighted by molar-refractivity contribution is 0.0957. The van der Waals surface area contributed by atoms with E-state index in [9.17, 15) is 4.79 Å². The lowest BCUT2D eigenvalue weighted by atomic mass is 10.1.